The van der Waals surface area contributed by atoms with Crippen molar-refractivity contribution in [3.8, 4) is 0 Å². The predicted molar refractivity (Wildman–Crippen MR) is 60.1 cm³/mol. The highest BCUT2D eigenvalue weighted by molar-refractivity contribution is 7.11. The van der Waals surface area contributed by atoms with E-state index in [1.807, 2.05) is 16.8 Å². The fourth-order valence-corrected chi connectivity index (χ4v) is 2.76. The number of rotatable bonds is 3. The third-order valence-corrected chi connectivity index (χ3v) is 3.98. The molecule has 0 saturated carbocycles. The molecule has 1 atom stereocenters. The first-order valence-electron chi connectivity index (χ1n) is 4.69. The van der Waals surface area contributed by atoms with E-state index in [2.05, 4.69) is 4.98 Å². The Balaban J connectivity index is 2.10. The van der Waals surface area contributed by atoms with Crippen molar-refractivity contribution >= 4 is 22.7 Å². The van der Waals surface area contributed by atoms with Crippen LogP contribution in [0.1, 0.15) is 21.6 Å². The molecular formula is C10H8F3NOS2. The molecule has 0 bridgehead atoms. The highest BCUT2D eigenvalue weighted by Crippen LogP contribution is 2.35. The number of hydrogen-bond acceptors (Lipinski definition) is 4. The van der Waals surface area contributed by atoms with Crippen LogP contribution in [0.25, 0.3) is 0 Å². The van der Waals surface area contributed by atoms with Crippen molar-refractivity contribution in [1.82, 2.24) is 4.98 Å². The first-order chi connectivity index (χ1) is 7.97. The summed E-state index contributed by atoms with van der Waals surface area (Å²) in [4.78, 5) is 3.51. The van der Waals surface area contributed by atoms with E-state index in [1.54, 1.807) is 0 Å². The third kappa shape index (κ3) is 3.05. The number of aromatic nitrogens is 1. The van der Waals surface area contributed by atoms with Crippen LogP contribution in [0.15, 0.2) is 23.0 Å². The molecule has 0 aliphatic heterocycles. The second-order valence-corrected chi connectivity index (χ2v) is 5.26. The summed E-state index contributed by atoms with van der Waals surface area (Å²) in [7, 11) is 0. The van der Waals surface area contributed by atoms with Crippen molar-refractivity contribution in [3.63, 3.8) is 0 Å². The number of aliphatic hydroxyl groups is 1. The molecule has 0 radical (unpaired) electrons. The van der Waals surface area contributed by atoms with Gasteiger partial charge in [-0.15, -0.1) is 11.3 Å². The molecule has 0 aliphatic rings. The van der Waals surface area contributed by atoms with Crippen LogP contribution in [0, 0.1) is 0 Å². The minimum Gasteiger partial charge on any atom is -0.387 e. The zero-order chi connectivity index (χ0) is 12.5. The van der Waals surface area contributed by atoms with E-state index in [-0.39, 0.29) is 4.88 Å². The topological polar surface area (TPSA) is 33.1 Å². The summed E-state index contributed by atoms with van der Waals surface area (Å²) in [5.41, 5.74) is 0.907. The van der Waals surface area contributed by atoms with Crippen LogP contribution < -0.4 is 0 Å². The summed E-state index contributed by atoms with van der Waals surface area (Å²) in [6.45, 7) is 0. The van der Waals surface area contributed by atoms with Gasteiger partial charge in [0.05, 0.1) is 11.0 Å². The first kappa shape index (κ1) is 12.5. The Kier molecular flexibility index (Phi) is 3.50. The van der Waals surface area contributed by atoms with Crippen LogP contribution in [0.5, 0.6) is 0 Å². The van der Waals surface area contributed by atoms with Crippen LogP contribution in [-0.4, -0.2) is 10.1 Å². The Morgan fingerprint density at radius 2 is 2.18 bits per heavy atom. The average molecular weight is 279 g/mol. The number of halogens is 3. The number of thiazole rings is 1. The van der Waals surface area contributed by atoms with Gasteiger partial charge in [-0.2, -0.15) is 24.5 Å². The third-order valence-electron chi connectivity index (χ3n) is 2.10. The summed E-state index contributed by atoms with van der Waals surface area (Å²) in [6.07, 6.45) is -3.98. The molecule has 2 aromatic heterocycles. The minimum absolute atomic E-state index is 0.239. The van der Waals surface area contributed by atoms with Crippen molar-refractivity contribution in [3.05, 3.63) is 38.5 Å². The molecule has 0 aliphatic carbocycles. The lowest BCUT2D eigenvalue weighted by Gasteiger charge is -2.05. The molecule has 0 aromatic carbocycles. The summed E-state index contributed by atoms with van der Waals surface area (Å²) in [5.74, 6) is 0. The Hall–Kier alpha value is -0.920. The molecule has 2 rings (SSSR count). The number of nitrogens with zero attached hydrogens (tertiary/aromatic N) is 1. The number of alkyl halides is 3. The van der Waals surface area contributed by atoms with Crippen molar-refractivity contribution in [2.45, 2.75) is 18.7 Å². The molecule has 2 aromatic rings. The summed E-state index contributed by atoms with van der Waals surface area (Å²) < 4.78 is 36.9. The SMILES string of the molecule is OC(Cc1ccsc1)c1cnc(C(F)(F)F)s1. The Labute approximate surface area is 103 Å². The summed E-state index contributed by atoms with van der Waals surface area (Å²) in [6, 6.07) is 1.83. The predicted octanol–water partition coefficient (Wildman–Crippen LogP) is 3.50. The van der Waals surface area contributed by atoms with Gasteiger partial charge in [-0.05, 0) is 22.4 Å². The van der Waals surface area contributed by atoms with Gasteiger partial charge in [0, 0.05) is 12.6 Å². The van der Waals surface area contributed by atoms with Gasteiger partial charge in [-0.1, -0.05) is 0 Å². The average Bonchev–Trinajstić information content (AvgIpc) is 2.85. The van der Waals surface area contributed by atoms with E-state index >= 15 is 0 Å². The van der Waals surface area contributed by atoms with Crippen molar-refractivity contribution < 1.29 is 18.3 Å². The van der Waals surface area contributed by atoms with Crippen molar-refractivity contribution in [2.24, 2.45) is 0 Å². The highest BCUT2D eigenvalue weighted by atomic mass is 32.1. The molecule has 92 valence electrons. The molecular weight excluding hydrogens is 271 g/mol. The van der Waals surface area contributed by atoms with Gasteiger partial charge in [0.2, 0.25) is 0 Å². The molecule has 2 nitrogen and oxygen atoms in total. The first-order valence-corrected chi connectivity index (χ1v) is 6.45. The van der Waals surface area contributed by atoms with Crippen LogP contribution in [0.3, 0.4) is 0 Å². The minimum atomic E-state index is -4.44. The van der Waals surface area contributed by atoms with E-state index in [0.717, 1.165) is 11.8 Å². The maximum atomic E-state index is 12.3. The van der Waals surface area contributed by atoms with E-state index < -0.39 is 17.3 Å². The Morgan fingerprint density at radius 3 is 2.71 bits per heavy atom. The Morgan fingerprint density at radius 1 is 1.41 bits per heavy atom. The van der Waals surface area contributed by atoms with E-state index in [4.69, 9.17) is 0 Å². The van der Waals surface area contributed by atoms with Gasteiger partial charge in [0.25, 0.3) is 0 Å². The lowest BCUT2D eigenvalue weighted by atomic mass is 10.1. The van der Waals surface area contributed by atoms with Crippen LogP contribution in [0.2, 0.25) is 0 Å². The fraction of sp³-hybridized carbons (Fsp3) is 0.300. The molecule has 0 fully saturated rings. The molecule has 17 heavy (non-hydrogen) atoms. The van der Waals surface area contributed by atoms with Gasteiger partial charge in [0.15, 0.2) is 5.01 Å². The zero-order valence-electron chi connectivity index (χ0n) is 8.44. The van der Waals surface area contributed by atoms with Crippen LogP contribution in [0.4, 0.5) is 13.2 Å². The highest BCUT2D eigenvalue weighted by Gasteiger charge is 2.35. The van der Waals surface area contributed by atoms with Crippen molar-refractivity contribution in [2.75, 3.05) is 0 Å². The lowest BCUT2D eigenvalue weighted by molar-refractivity contribution is -0.137. The zero-order valence-corrected chi connectivity index (χ0v) is 10.1. The van der Waals surface area contributed by atoms with Gasteiger partial charge in [-0.25, -0.2) is 4.98 Å². The maximum Gasteiger partial charge on any atom is 0.443 e. The van der Waals surface area contributed by atoms with E-state index in [9.17, 15) is 18.3 Å². The number of aliphatic hydroxyl groups excluding tert-OH is 1. The normalized spacial score (nSPS) is 13.9. The molecule has 0 saturated heterocycles. The van der Waals surface area contributed by atoms with Crippen LogP contribution >= 0.6 is 22.7 Å². The second kappa shape index (κ2) is 4.75. The van der Waals surface area contributed by atoms with Gasteiger partial charge in [-0.3, -0.25) is 0 Å². The van der Waals surface area contributed by atoms with Gasteiger partial charge in [0.1, 0.15) is 0 Å². The van der Waals surface area contributed by atoms with Gasteiger partial charge >= 0.3 is 6.18 Å². The fourth-order valence-electron chi connectivity index (χ4n) is 1.30. The van der Waals surface area contributed by atoms with E-state index in [0.29, 0.717) is 17.8 Å². The monoisotopic (exact) mass is 279 g/mol. The van der Waals surface area contributed by atoms with Crippen LogP contribution in [-0.2, 0) is 12.6 Å². The number of hydrogen-bond donors (Lipinski definition) is 1. The molecule has 2 heterocycles. The van der Waals surface area contributed by atoms with Gasteiger partial charge < -0.3 is 5.11 Å². The summed E-state index contributed by atoms with van der Waals surface area (Å²) >= 11 is 1.97. The molecule has 1 unspecified atom stereocenters. The standard InChI is InChI=1S/C10H8F3NOS2/c11-10(12,13)9-14-4-8(17-9)7(15)3-6-1-2-16-5-6/h1-2,4-5,7,15H,3H2. The van der Waals surface area contributed by atoms with E-state index in [1.165, 1.54) is 11.3 Å². The number of thiophene rings is 1. The summed E-state index contributed by atoms with van der Waals surface area (Å²) in [5, 5.41) is 12.6. The largest absolute Gasteiger partial charge is 0.443 e. The van der Waals surface area contributed by atoms with Crippen molar-refractivity contribution in [1.29, 1.82) is 0 Å². The molecule has 0 spiro atoms. The molecule has 7 heteroatoms. The maximum absolute atomic E-state index is 12.3. The lowest BCUT2D eigenvalue weighted by Crippen LogP contribution is -2.03. The second-order valence-electron chi connectivity index (χ2n) is 3.42. The molecule has 0 amide bonds. The quantitative estimate of drug-likeness (QED) is 0.932. The Bertz CT molecular complexity index is 478. The molecule has 1 N–H and O–H groups in total. The smallest absolute Gasteiger partial charge is 0.387 e.